The van der Waals surface area contributed by atoms with Crippen molar-refractivity contribution >= 4 is 33.4 Å². The molecule has 6 aromatic carbocycles. The van der Waals surface area contributed by atoms with E-state index >= 15 is 0 Å². The fourth-order valence-electron chi connectivity index (χ4n) is 5.86. The minimum atomic E-state index is 0.595. The Morgan fingerprint density at radius 2 is 0.932 bits per heavy atom. The summed E-state index contributed by atoms with van der Waals surface area (Å²) in [4.78, 5) is 15.1. The maximum Gasteiger partial charge on any atom is 0.164 e. The number of hydrogen-bond acceptors (Lipinski definition) is 3. The van der Waals surface area contributed by atoms with Crippen LogP contribution in [0.5, 0.6) is 0 Å². The largest absolute Gasteiger partial charge is 0.309 e. The lowest BCUT2D eigenvalue weighted by molar-refractivity contribution is 1.08. The minimum Gasteiger partial charge on any atom is -0.309 e. The Hall–Kier alpha value is -5.58. The molecule has 0 aliphatic rings. The number of aromatic nitrogens is 4. The van der Waals surface area contributed by atoms with Crippen LogP contribution < -0.4 is 0 Å². The molecule has 0 saturated heterocycles. The van der Waals surface area contributed by atoms with Gasteiger partial charge in [0.15, 0.2) is 17.5 Å². The lowest BCUT2D eigenvalue weighted by atomic mass is 10.0. The van der Waals surface area contributed by atoms with Crippen LogP contribution in [-0.4, -0.2) is 19.5 Å². The summed E-state index contributed by atoms with van der Waals surface area (Å²) >= 11 is 6.24. The molecule has 2 aromatic heterocycles. The second kappa shape index (κ2) is 10.9. The summed E-state index contributed by atoms with van der Waals surface area (Å²) in [5.41, 5.74) is 8.38. The number of para-hydroxylation sites is 2. The van der Waals surface area contributed by atoms with E-state index in [9.17, 15) is 0 Å². The van der Waals surface area contributed by atoms with Gasteiger partial charge in [-0.3, -0.25) is 0 Å². The average Bonchev–Trinajstić information content (AvgIpc) is 3.44. The highest BCUT2D eigenvalue weighted by Crippen LogP contribution is 2.38. The average molecular weight is 585 g/mol. The molecule has 5 heteroatoms. The monoisotopic (exact) mass is 584 g/mol. The number of nitrogens with zero attached hydrogens (tertiary/aromatic N) is 4. The zero-order chi connectivity index (χ0) is 29.5. The van der Waals surface area contributed by atoms with E-state index < -0.39 is 0 Å². The second-order valence-corrected chi connectivity index (χ2v) is 11.1. The molecule has 0 amide bonds. The van der Waals surface area contributed by atoms with Crippen LogP contribution in [0.25, 0.3) is 72.8 Å². The number of fused-ring (bicyclic) bond motifs is 3. The molecule has 208 valence electrons. The molecule has 4 nitrogen and oxygen atoms in total. The minimum absolute atomic E-state index is 0.595. The molecule has 2 heterocycles. The third-order valence-corrected chi connectivity index (χ3v) is 8.19. The Kier molecular flexibility index (Phi) is 6.47. The summed E-state index contributed by atoms with van der Waals surface area (Å²) in [6, 6.07) is 51.7. The van der Waals surface area contributed by atoms with Crippen LogP contribution in [0.2, 0.25) is 5.02 Å². The normalized spacial score (nSPS) is 11.3. The van der Waals surface area contributed by atoms with Crippen LogP contribution in [0.1, 0.15) is 0 Å². The highest BCUT2D eigenvalue weighted by Gasteiger charge is 2.19. The highest BCUT2D eigenvalue weighted by molar-refractivity contribution is 6.30. The Balaban J connectivity index is 1.36. The van der Waals surface area contributed by atoms with Gasteiger partial charge in [-0.15, -0.1) is 0 Å². The number of rotatable bonds is 5. The first-order chi connectivity index (χ1) is 21.7. The molecule has 0 radical (unpaired) electrons. The molecule has 8 aromatic rings. The summed E-state index contributed by atoms with van der Waals surface area (Å²) in [7, 11) is 0. The predicted molar refractivity (Wildman–Crippen MR) is 181 cm³/mol. The van der Waals surface area contributed by atoms with Crippen LogP contribution in [0.4, 0.5) is 0 Å². The molecule has 44 heavy (non-hydrogen) atoms. The maximum absolute atomic E-state index is 6.24. The van der Waals surface area contributed by atoms with Crippen molar-refractivity contribution in [2.45, 2.75) is 0 Å². The first-order valence-corrected chi connectivity index (χ1v) is 14.9. The summed E-state index contributed by atoms with van der Waals surface area (Å²) in [6.07, 6.45) is 0. The Bertz CT molecular complexity index is 2260. The van der Waals surface area contributed by atoms with Crippen LogP contribution in [0.15, 0.2) is 152 Å². The fraction of sp³-hybridized carbons (Fsp3) is 0. The lowest BCUT2D eigenvalue weighted by Crippen LogP contribution is -2.00. The first-order valence-electron chi connectivity index (χ1n) is 14.5. The van der Waals surface area contributed by atoms with E-state index in [0.717, 1.165) is 49.7 Å². The molecule has 0 fully saturated rings. The van der Waals surface area contributed by atoms with Gasteiger partial charge in [0.2, 0.25) is 0 Å². The SMILES string of the molecule is Clc1ccc(-c2nc(-c3ccc(-c4ccccc4)cc3)nc(-c3cccc4c3c3ccccc3n4-c3ccccc3)n2)cc1. The van der Waals surface area contributed by atoms with E-state index in [-0.39, 0.29) is 0 Å². The summed E-state index contributed by atoms with van der Waals surface area (Å²) in [5.74, 6) is 1.83. The second-order valence-electron chi connectivity index (χ2n) is 10.6. The third-order valence-electron chi connectivity index (χ3n) is 7.94. The molecular formula is C39H25ClN4. The molecule has 0 spiro atoms. The van der Waals surface area contributed by atoms with Gasteiger partial charge in [0.1, 0.15) is 0 Å². The Morgan fingerprint density at radius 1 is 0.409 bits per heavy atom. The summed E-state index contributed by atoms with van der Waals surface area (Å²) < 4.78 is 2.30. The zero-order valence-corrected chi connectivity index (χ0v) is 24.4. The lowest BCUT2D eigenvalue weighted by Gasteiger charge is -2.11. The smallest absolute Gasteiger partial charge is 0.164 e. The molecular weight excluding hydrogens is 560 g/mol. The number of hydrogen-bond donors (Lipinski definition) is 0. The van der Waals surface area contributed by atoms with Gasteiger partial charge in [-0.25, -0.2) is 15.0 Å². The third kappa shape index (κ3) is 4.62. The topological polar surface area (TPSA) is 43.6 Å². The number of halogens is 1. The van der Waals surface area contributed by atoms with Crippen molar-refractivity contribution in [2.24, 2.45) is 0 Å². The molecule has 0 saturated carbocycles. The van der Waals surface area contributed by atoms with Gasteiger partial charge < -0.3 is 4.57 Å². The predicted octanol–water partition coefficient (Wildman–Crippen LogP) is 10.3. The maximum atomic E-state index is 6.24. The summed E-state index contributed by atoms with van der Waals surface area (Å²) in [6.45, 7) is 0. The van der Waals surface area contributed by atoms with Gasteiger partial charge in [0.05, 0.1) is 11.0 Å². The fourth-order valence-corrected chi connectivity index (χ4v) is 5.98. The first kappa shape index (κ1) is 26.1. The van der Waals surface area contributed by atoms with Crippen molar-refractivity contribution in [3.8, 4) is 51.0 Å². The molecule has 0 N–H and O–H groups in total. The molecule has 0 bridgehead atoms. The molecule has 0 aliphatic heterocycles. The Morgan fingerprint density at radius 3 is 1.64 bits per heavy atom. The Labute approximate surface area is 259 Å². The van der Waals surface area contributed by atoms with Gasteiger partial charge in [0, 0.05) is 38.2 Å². The van der Waals surface area contributed by atoms with E-state index in [2.05, 4.69) is 120 Å². The van der Waals surface area contributed by atoms with E-state index in [1.54, 1.807) is 0 Å². The molecule has 0 aliphatic carbocycles. The van der Waals surface area contributed by atoms with Crippen molar-refractivity contribution in [3.05, 3.63) is 157 Å². The van der Waals surface area contributed by atoms with Gasteiger partial charge in [-0.1, -0.05) is 115 Å². The number of benzene rings is 6. The van der Waals surface area contributed by atoms with E-state index in [4.69, 9.17) is 26.6 Å². The van der Waals surface area contributed by atoms with Crippen molar-refractivity contribution in [3.63, 3.8) is 0 Å². The van der Waals surface area contributed by atoms with Gasteiger partial charge in [0.25, 0.3) is 0 Å². The standard InChI is InChI=1S/C39H25ClN4/c40-30-24-22-29(23-25-30)38-41-37(28-20-18-27(19-21-28)26-10-3-1-4-11-26)42-39(43-38)33-15-9-17-35-36(33)32-14-7-8-16-34(32)44(35)31-12-5-2-6-13-31/h1-25H. The summed E-state index contributed by atoms with van der Waals surface area (Å²) in [5, 5.41) is 2.91. The molecule has 8 rings (SSSR count). The quantitative estimate of drug-likeness (QED) is 0.202. The molecule has 0 atom stereocenters. The zero-order valence-electron chi connectivity index (χ0n) is 23.6. The van der Waals surface area contributed by atoms with Crippen molar-refractivity contribution < 1.29 is 0 Å². The van der Waals surface area contributed by atoms with Crippen molar-refractivity contribution in [2.75, 3.05) is 0 Å². The van der Waals surface area contributed by atoms with Crippen molar-refractivity contribution in [1.82, 2.24) is 19.5 Å². The van der Waals surface area contributed by atoms with E-state index in [1.165, 1.54) is 5.56 Å². The van der Waals surface area contributed by atoms with E-state index in [0.29, 0.717) is 22.5 Å². The van der Waals surface area contributed by atoms with Crippen LogP contribution >= 0.6 is 11.6 Å². The van der Waals surface area contributed by atoms with Crippen LogP contribution in [-0.2, 0) is 0 Å². The van der Waals surface area contributed by atoms with Gasteiger partial charge >= 0.3 is 0 Å². The van der Waals surface area contributed by atoms with E-state index in [1.807, 2.05) is 36.4 Å². The van der Waals surface area contributed by atoms with Gasteiger partial charge in [-0.2, -0.15) is 0 Å². The highest BCUT2D eigenvalue weighted by atomic mass is 35.5. The molecule has 0 unspecified atom stereocenters. The van der Waals surface area contributed by atoms with Gasteiger partial charge in [-0.05, 0) is 59.7 Å². The van der Waals surface area contributed by atoms with Crippen LogP contribution in [0.3, 0.4) is 0 Å². The van der Waals surface area contributed by atoms with Crippen LogP contribution in [0, 0.1) is 0 Å². The van der Waals surface area contributed by atoms with Crippen molar-refractivity contribution in [1.29, 1.82) is 0 Å².